The maximum absolute atomic E-state index is 12.2. The third kappa shape index (κ3) is 4.28. The summed E-state index contributed by atoms with van der Waals surface area (Å²) in [6, 6.07) is -0.00367. The normalized spacial score (nSPS) is 32.1. The van der Waals surface area contributed by atoms with Crippen molar-refractivity contribution in [1.82, 2.24) is 5.32 Å². The molecule has 0 spiro atoms. The average molecular weight is 283 g/mol. The number of Topliss-reactive ketones (excluding diaryl/α,β-unsaturated/α-hetero) is 1. The van der Waals surface area contributed by atoms with E-state index >= 15 is 0 Å². The number of ether oxygens (including phenoxy) is 2. The van der Waals surface area contributed by atoms with Gasteiger partial charge in [0.25, 0.3) is 0 Å². The number of nitrogens with one attached hydrogen (secondary N) is 1. The summed E-state index contributed by atoms with van der Waals surface area (Å²) >= 11 is 0. The first-order valence-corrected chi connectivity index (χ1v) is 7.58. The van der Waals surface area contributed by atoms with Crippen molar-refractivity contribution in [2.24, 2.45) is 11.8 Å². The molecule has 114 valence electrons. The second kappa shape index (κ2) is 7.18. The van der Waals surface area contributed by atoms with Crippen LogP contribution < -0.4 is 5.32 Å². The summed E-state index contributed by atoms with van der Waals surface area (Å²) in [4.78, 5) is 23.6. The fourth-order valence-electron chi connectivity index (χ4n) is 2.80. The van der Waals surface area contributed by atoms with E-state index in [1.165, 1.54) is 0 Å². The molecule has 4 atom stereocenters. The van der Waals surface area contributed by atoms with Gasteiger partial charge in [-0.1, -0.05) is 6.92 Å². The third-order valence-corrected chi connectivity index (χ3v) is 4.16. The zero-order chi connectivity index (χ0) is 14.5. The van der Waals surface area contributed by atoms with Gasteiger partial charge in [0.2, 0.25) is 5.91 Å². The molecular formula is C15H25NO4. The lowest BCUT2D eigenvalue weighted by Gasteiger charge is -2.26. The lowest BCUT2D eigenvalue weighted by atomic mass is 9.81. The predicted octanol–water partition coefficient (Wildman–Crippen LogP) is 1.30. The molecule has 1 aliphatic heterocycles. The highest BCUT2D eigenvalue weighted by Crippen LogP contribution is 2.26. The quantitative estimate of drug-likeness (QED) is 0.826. The first-order valence-electron chi connectivity index (χ1n) is 7.58. The van der Waals surface area contributed by atoms with Crippen molar-refractivity contribution in [3.05, 3.63) is 0 Å². The number of carbonyl (C=O) groups excluding carboxylic acids is 2. The maximum atomic E-state index is 12.2. The highest BCUT2D eigenvalue weighted by molar-refractivity contribution is 5.86. The molecule has 2 fully saturated rings. The molecule has 0 radical (unpaired) electrons. The molecule has 0 aromatic rings. The molecule has 1 N–H and O–H groups in total. The van der Waals surface area contributed by atoms with Crippen molar-refractivity contribution >= 4 is 11.7 Å². The monoisotopic (exact) mass is 283 g/mol. The topological polar surface area (TPSA) is 64.6 Å². The van der Waals surface area contributed by atoms with E-state index in [0.717, 1.165) is 13.0 Å². The van der Waals surface area contributed by atoms with Crippen LogP contribution >= 0.6 is 0 Å². The van der Waals surface area contributed by atoms with Crippen LogP contribution in [0, 0.1) is 11.8 Å². The first kappa shape index (κ1) is 15.4. The Hall–Kier alpha value is -0.940. The molecule has 0 aromatic carbocycles. The molecule has 5 nitrogen and oxygen atoms in total. The Morgan fingerprint density at radius 2 is 2.30 bits per heavy atom. The summed E-state index contributed by atoms with van der Waals surface area (Å²) in [5, 5.41) is 2.99. The SMILES string of the molecule is C[C@H](CO[C@@H]1CCOC1)NC(=O)[C@H]1CCC(=O)[C@H](C)C1. The van der Waals surface area contributed by atoms with Crippen LogP contribution in [0.25, 0.3) is 0 Å². The van der Waals surface area contributed by atoms with Crippen LogP contribution in [0.4, 0.5) is 0 Å². The second-order valence-corrected chi connectivity index (χ2v) is 6.07. The van der Waals surface area contributed by atoms with E-state index in [-0.39, 0.29) is 35.7 Å². The Bertz CT molecular complexity index is 352. The van der Waals surface area contributed by atoms with Crippen molar-refractivity contribution in [2.45, 2.75) is 51.7 Å². The van der Waals surface area contributed by atoms with Gasteiger partial charge < -0.3 is 14.8 Å². The summed E-state index contributed by atoms with van der Waals surface area (Å²) in [6.45, 7) is 5.79. The lowest BCUT2D eigenvalue weighted by Crippen LogP contribution is -2.42. The fourth-order valence-corrected chi connectivity index (χ4v) is 2.80. The van der Waals surface area contributed by atoms with Crippen LogP contribution in [0.15, 0.2) is 0 Å². The van der Waals surface area contributed by atoms with Gasteiger partial charge in [-0.05, 0) is 26.2 Å². The van der Waals surface area contributed by atoms with E-state index in [9.17, 15) is 9.59 Å². The van der Waals surface area contributed by atoms with Gasteiger partial charge in [-0.2, -0.15) is 0 Å². The second-order valence-electron chi connectivity index (χ2n) is 6.07. The molecule has 5 heteroatoms. The van der Waals surface area contributed by atoms with Crippen LogP contribution in [0.1, 0.15) is 39.5 Å². The summed E-state index contributed by atoms with van der Waals surface area (Å²) in [5.74, 6) is 0.330. The Balaban J connectivity index is 1.68. The minimum Gasteiger partial charge on any atom is -0.379 e. The molecule has 2 rings (SSSR count). The van der Waals surface area contributed by atoms with Gasteiger partial charge in [-0.25, -0.2) is 0 Å². The first-order chi connectivity index (χ1) is 9.56. The molecule has 1 heterocycles. The maximum Gasteiger partial charge on any atom is 0.223 e. The number of carbonyl (C=O) groups is 2. The van der Waals surface area contributed by atoms with Gasteiger partial charge >= 0.3 is 0 Å². The van der Waals surface area contributed by atoms with Crippen LogP contribution in [-0.2, 0) is 19.1 Å². The lowest BCUT2D eigenvalue weighted by molar-refractivity contribution is -0.131. The Morgan fingerprint density at radius 1 is 1.50 bits per heavy atom. The van der Waals surface area contributed by atoms with Crippen LogP contribution in [-0.4, -0.2) is 43.7 Å². The highest BCUT2D eigenvalue weighted by Gasteiger charge is 2.30. The van der Waals surface area contributed by atoms with Gasteiger partial charge in [0.05, 0.1) is 19.3 Å². The van der Waals surface area contributed by atoms with Gasteiger partial charge in [0.15, 0.2) is 0 Å². The molecule has 1 saturated heterocycles. The standard InChI is InChI=1S/C15H25NO4/c1-10-7-12(3-4-14(10)17)15(18)16-11(2)8-20-13-5-6-19-9-13/h10-13H,3-9H2,1-2H3,(H,16,18)/t10-,11-,12+,13-/m1/s1. The van der Waals surface area contributed by atoms with Gasteiger partial charge in [-0.3, -0.25) is 9.59 Å². The predicted molar refractivity (Wildman–Crippen MR) is 74.3 cm³/mol. The summed E-state index contributed by atoms with van der Waals surface area (Å²) in [6.07, 6.45) is 2.99. The molecule has 2 aliphatic rings. The van der Waals surface area contributed by atoms with Crippen molar-refractivity contribution in [1.29, 1.82) is 0 Å². The molecule has 0 aromatic heterocycles. The van der Waals surface area contributed by atoms with Crippen LogP contribution in [0.2, 0.25) is 0 Å². The number of amides is 1. The molecule has 1 saturated carbocycles. The number of hydrogen-bond donors (Lipinski definition) is 1. The summed E-state index contributed by atoms with van der Waals surface area (Å²) in [7, 11) is 0. The molecule has 0 bridgehead atoms. The average Bonchev–Trinajstić information content (AvgIpc) is 2.92. The summed E-state index contributed by atoms with van der Waals surface area (Å²) < 4.78 is 10.9. The van der Waals surface area contributed by atoms with Crippen molar-refractivity contribution in [2.75, 3.05) is 19.8 Å². The van der Waals surface area contributed by atoms with Gasteiger partial charge in [-0.15, -0.1) is 0 Å². The molecule has 1 amide bonds. The van der Waals surface area contributed by atoms with Crippen molar-refractivity contribution in [3.63, 3.8) is 0 Å². The minimum atomic E-state index is -0.0278. The largest absolute Gasteiger partial charge is 0.379 e. The zero-order valence-electron chi connectivity index (χ0n) is 12.4. The molecule has 1 aliphatic carbocycles. The Kier molecular flexibility index (Phi) is 5.54. The van der Waals surface area contributed by atoms with Gasteiger partial charge in [0.1, 0.15) is 5.78 Å². The van der Waals surface area contributed by atoms with E-state index in [0.29, 0.717) is 32.5 Å². The van der Waals surface area contributed by atoms with Gasteiger partial charge in [0, 0.05) is 30.9 Å². The molecule has 20 heavy (non-hydrogen) atoms. The van der Waals surface area contributed by atoms with Crippen molar-refractivity contribution in [3.8, 4) is 0 Å². The number of hydrogen-bond acceptors (Lipinski definition) is 4. The third-order valence-electron chi connectivity index (χ3n) is 4.16. The Labute approximate surface area is 120 Å². The van der Waals surface area contributed by atoms with E-state index in [4.69, 9.17) is 9.47 Å². The highest BCUT2D eigenvalue weighted by atomic mass is 16.5. The Morgan fingerprint density at radius 3 is 2.95 bits per heavy atom. The van der Waals surface area contributed by atoms with E-state index in [1.807, 2.05) is 13.8 Å². The minimum absolute atomic E-state index is 0.00367. The summed E-state index contributed by atoms with van der Waals surface area (Å²) in [5.41, 5.74) is 0. The zero-order valence-corrected chi connectivity index (χ0v) is 12.4. The van der Waals surface area contributed by atoms with E-state index < -0.39 is 0 Å². The number of rotatable bonds is 5. The van der Waals surface area contributed by atoms with Crippen molar-refractivity contribution < 1.29 is 19.1 Å². The molecular weight excluding hydrogens is 258 g/mol. The number of ketones is 1. The van der Waals surface area contributed by atoms with Crippen LogP contribution in [0.3, 0.4) is 0 Å². The molecule has 0 unspecified atom stereocenters. The smallest absolute Gasteiger partial charge is 0.223 e. The van der Waals surface area contributed by atoms with Crippen LogP contribution in [0.5, 0.6) is 0 Å². The van der Waals surface area contributed by atoms with E-state index in [2.05, 4.69) is 5.32 Å². The van der Waals surface area contributed by atoms with E-state index in [1.54, 1.807) is 0 Å². The fraction of sp³-hybridized carbons (Fsp3) is 0.867.